The van der Waals surface area contributed by atoms with E-state index in [4.69, 9.17) is 0 Å². The number of H-pyrrole nitrogens is 1. The number of fused-ring (bicyclic) bond motifs is 1. The summed E-state index contributed by atoms with van der Waals surface area (Å²) in [5, 5.41) is 15.8. The Morgan fingerprint density at radius 1 is 1.36 bits per heavy atom. The van der Waals surface area contributed by atoms with E-state index in [-0.39, 0.29) is 18.0 Å². The third-order valence-corrected chi connectivity index (χ3v) is 3.88. The average molecular weight is 305 g/mol. The van der Waals surface area contributed by atoms with Crippen molar-refractivity contribution in [3.63, 3.8) is 0 Å². The second-order valence-corrected chi connectivity index (χ2v) is 5.43. The van der Waals surface area contributed by atoms with Crippen molar-refractivity contribution in [3.8, 4) is 0 Å². The fourth-order valence-electron chi connectivity index (χ4n) is 2.66. The zero-order chi connectivity index (χ0) is 15.7. The topological polar surface area (TPSA) is 94.2 Å². The molecule has 116 valence electrons. The summed E-state index contributed by atoms with van der Waals surface area (Å²) in [6.45, 7) is 1.41. The first kappa shape index (κ1) is 14.7. The van der Waals surface area contributed by atoms with Gasteiger partial charge in [-0.05, 0) is 18.2 Å². The van der Waals surface area contributed by atoms with Gasteiger partial charge in [0.15, 0.2) is 0 Å². The molecule has 1 amide bonds. The summed E-state index contributed by atoms with van der Waals surface area (Å²) in [6.07, 6.45) is -0.506. The molecule has 0 radical (unpaired) electrons. The van der Waals surface area contributed by atoms with Crippen molar-refractivity contribution in [1.29, 1.82) is 0 Å². The second kappa shape index (κ2) is 5.86. The van der Waals surface area contributed by atoms with E-state index in [2.05, 4.69) is 15.6 Å². The third kappa shape index (κ3) is 2.86. The number of pyridine rings is 1. The van der Waals surface area contributed by atoms with E-state index in [0.717, 1.165) is 6.07 Å². The molecule has 1 aliphatic rings. The molecule has 0 aliphatic carbocycles. The van der Waals surface area contributed by atoms with Gasteiger partial charge in [0.1, 0.15) is 5.82 Å². The lowest BCUT2D eigenvalue weighted by Crippen LogP contribution is -2.34. The zero-order valence-electron chi connectivity index (χ0n) is 11.7. The molecule has 6 nitrogen and oxygen atoms in total. The Kier molecular flexibility index (Phi) is 3.91. The fraction of sp³-hybridized carbons (Fsp3) is 0.333. The van der Waals surface area contributed by atoms with E-state index in [9.17, 15) is 19.1 Å². The van der Waals surface area contributed by atoms with Crippen molar-refractivity contribution in [1.82, 2.24) is 15.6 Å². The van der Waals surface area contributed by atoms with Crippen LogP contribution in [-0.2, 0) is 0 Å². The number of hydrogen-bond donors (Lipinski definition) is 4. The highest BCUT2D eigenvalue weighted by molar-refractivity contribution is 6.05. The van der Waals surface area contributed by atoms with Gasteiger partial charge in [-0.25, -0.2) is 4.39 Å². The molecule has 1 aromatic heterocycles. The number of amides is 1. The minimum atomic E-state index is -0.506. The van der Waals surface area contributed by atoms with Crippen molar-refractivity contribution in [3.05, 3.63) is 46.0 Å². The van der Waals surface area contributed by atoms with Crippen molar-refractivity contribution in [2.45, 2.75) is 6.10 Å². The molecule has 2 aromatic rings. The van der Waals surface area contributed by atoms with E-state index in [0.29, 0.717) is 24.0 Å². The largest absolute Gasteiger partial charge is 0.391 e. The number of carbonyl (C=O) groups is 1. The van der Waals surface area contributed by atoms with Crippen molar-refractivity contribution >= 4 is 16.8 Å². The SMILES string of the molecule is O=C(NCC1CNCC1O)c1cc(=O)[nH]c2ccc(F)cc12. The van der Waals surface area contributed by atoms with Crippen LogP contribution in [0.2, 0.25) is 0 Å². The first-order valence-electron chi connectivity index (χ1n) is 7.04. The Balaban J connectivity index is 1.86. The molecule has 2 heterocycles. The van der Waals surface area contributed by atoms with Crippen molar-refractivity contribution in [2.75, 3.05) is 19.6 Å². The van der Waals surface area contributed by atoms with Crippen LogP contribution >= 0.6 is 0 Å². The summed E-state index contributed by atoms with van der Waals surface area (Å²) >= 11 is 0. The van der Waals surface area contributed by atoms with Gasteiger partial charge in [-0.2, -0.15) is 0 Å². The highest BCUT2D eigenvalue weighted by atomic mass is 19.1. The minimum absolute atomic E-state index is 0.0750. The highest BCUT2D eigenvalue weighted by Crippen LogP contribution is 2.17. The number of aromatic amines is 1. The van der Waals surface area contributed by atoms with Gasteiger partial charge in [0, 0.05) is 42.5 Å². The van der Waals surface area contributed by atoms with Crippen LogP contribution in [0, 0.1) is 11.7 Å². The standard InChI is InChI=1S/C15H16FN3O3/c16-9-1-2-12-10(3-9)11(4-14(21)19-12)15(22)18-6-8-5-17-7-13(8)20/h1-4,8,13,17,20H,5-7H2,(H,18,22)(H,19,21). The van der Waals surface area contributed by atoms with Crippen LogP contribution in [0.15, 0.2) is 29.1 Å². The van der Waals surface area contributed by atoms with Gasteiger partial charge < -0.3 is 20.7 Å². The molecule has 1 saturated heterocycles. The summed E-state index contributed by atoms with van der Waals surface area (Å²) in [6, 6.07) is 5.01. The monoisotopic (exact) mass is 305 g/mol. The molecule has 2 atom stereocenters. The van der Waals surface area contributed by atoms with Gasteiger partial charge >= 0.3 is 0 Å². The molecule has 2 unspecified atom stereocenters. The molecule has 1 fully saturated rings. The van der Waals surface area contributed by atoms with Gasteiger partial charge in [0.2, 0.25) is 5.56 Å². The first-order valence-corrected chi connectivity index (χ1v) is 7.04. The van der Waals surface area contributed by atoms with Crippen LogP contribution in [-0.4, -0.2) is 41.7 Å². The van der Waals surface area contributed by atoms with Gasteiger partial charge in [0.05, 0.1) is 11.7 Å². The number of aliphatic hydroxyl groups excluding tert-OH is 1. The predicted molar refractivity (Wildman–Crippen MR) is 79.2 cm³/mol. The molecule has 1 aromatic carbocycles. The maximum absolute atomic E-state index is 13.4. The van der Waals surface area contributed by atoms with E-state index < -0.39 is 23.4 Å². The maximum atomic E-state index is 13.4. The Hall–Kier alpha value is -2.25. The van der Waals surface area contributed by atoms with Gasteiger partial charge in [-0.1, -0.05) is 0 Å². The Morgan fingerprint density at radius 3 is 2.91 bits per heavy atom. The van der Waals surface area contributed by atoms with Gasteiger partial charge in [-0.15, -0.1) is 0 Å². The van der Waals surface area contributed by atoms with Crippen LogP contribution in [0.4, 0.5) is 4.39 Å². The lowest BCUT2D eigenvalue weighted by molar-refractivity contribution is 0.0928. The zero-order valence-corrected chi connectivity index (χ0v) is 11.7. The summed E-state index contributed by atoms with van der Waals surface area (Å²) in [7, 11) is 0. The molecular weight excluding hydrogens is 289 g/mol. The van der Waals surface area contributed by atoms with Crippen LogP contribution in [0.3, 0.4) is 0 Å². The number of hydrogen-bond acceptors (Lipinski definition) is 4. The minimum Gasteiger partial charge on any atom is -0.391 e. The Bertz CT molecular complexity index is 774. The number of aliphatic hydroxyl groups is 1. The molecule has 0 saturated carbocycles. The Labute approximate surface area is 125 Å². The van der Waals surface area contributed by atoms with Gasteiger partial charge in [0.25, 0.3) is 5.91 Å². The van der Waals surface area contributed by atoms with E-state index in [1.807, 2.05) is 0 Å². The number of carbonyl (C=O) groups excluding carboxylic acids is 1. The summed E-state index contributed by atoms with van der Waals surface area (Å²) in [5.41, 5.74) is 0.104. The summed E-state index contributed by atoms with van der Waals surface area (Å²) < 4.78 is 13.4. The quantitative estimate of drug-likeness (QED) is 0.641. The normalized spacial score (nSPS) is 21.2. The number of rotatable bonds is 3. The summed E-state index contributed by atoms with van der Waals surface area (Å²) in [4.78, 5) is 26.5. The maximum Gasteiger partial charge on any atom is 0.252 e. The summed E-state index contributed by atoms with van der Waals surface area (Å²) in [5.74, 6) is -1.02. The number of nitrogens with one attached hydrogen (secondary N) is 3. The lowest BCUT2D eigenvalue weighted by atomic mass is 10.1. The number of benzene rings is 1. The first-order chi connectivity index (χ1) is 10.5. The number of aromatic nitrogens is 1. The van der Waals surface area contributed by atoms with Gasteiger partial charge in [-0.3, -0.25) is 9.59 Å². The van der Waals surface area contributed by atoms with E-state index >= 15 is 0 Å². The molecule has 1 aliphatic heterocycles. The van der Waals surface area contributed by atoms with E-state index in [1.165, 1.54) is 18.2 Å². The Morgan fingerprint density at radius 2 is 2.18 bits per heavy atom. The molecule has 22 heavy (non-hydrogen) atoms. The average Bonchev–Trinajstić information content (AvgIpc) is 2.89. The van der Waals surface area contributed by atoms with Crippen LogP contribution in [0.25, 0.3) is 10.9 Å². The van der Waals surface area contributed by atoms with Crippen molar-refractivity contribution < 1.29 is 14.3 Å². The molecule has 7 heteroatoms. The van der Waals surface area contributed by atoms with Crippen LogP contribution in [0.5, 0.6) is 0 Å². The molecule has 4 N–H and O–H groups in total. The van der Waals surface area contributed by atoms with Crippen molar-refractivity contribution in [2.24, 2.45) is 5.92 Å². The third-order valence-electron chi connectivity index (χ3n) is 3.88. The molecule has 0 spiro atoms. The molecule has 3 rings (SSSR count). The number of β-amino-alcohol motifs (C(OH)–C–C–N with tert-alkyl or cyclic N) is 1. The molecular formula is C15H16FN3O3. The fourth-order valence-corrected chi connectivity index (χ4v) is 2.66. The molecule has 0 bridgehead atoms. The number of halogens is 1. The lowest BCUT2D eigenvalue weighted by Gasteiger charge is -2.14. The van der Waals surface area contributed by atoms with Crippen LogP contribution < -0.4 is 16.2 Å². The predicted octanol–water partition coefficient (Wildman–Crippen LogP) is -0.0227. The second-order valence-electron chi connectivity index (χ2n) is 5.43. The van der Waals surface area contributed by atoms with Crippen LogP contribution in [0.1, 0.15) is 10.4 Å². The highest BCUT2D eigenvalue weighted by Gasteiger charge is 2.25. The smallest absolute Gasteiger partial charge is 0.252 e. The van der Waals surface area contributed by atoms with E-state index in [1.54, 1.807) is 0 Å².